The van der Waals surface area contributed by atoms with Crippen molar-refractivity contribution in [3.63, 3.8) is 0 Å². The number of carboxylic acids is 1. The Labute approximate surface area is 136 Å². The van der Waals surface area contributed by atoms with Crippen LogP contribution in [0.1, 0.15) is 20.8 Å². The minimum atomic E-state index is -1.08. The van der Waals surface area contributed by atoms with Crippen LogP contribution in [-0.4, -0.2) is 22.0 Å². The number of nitrogens with zero attached hydrogens (tertiary/aromatic N) is 1. The zero-order chi connectivity index (χ0) is 16.2. The molecule has 114 valence electrons. The molecule has 0 spiro atoms. The summed E-state index contributed by atoms with van der Waals surface area (Å²) < 4.78 is 0. The monoisotopic (exact) mass is 324 g/mol. The molecule has 6 heteroatoms. The third kappa shape index (κ3) is 3.27. The number of para-hydroxylation sites is 1. The number of benzene rings is 1. The summed E-state index contributed by atoms with van der Waals surface area (Å²) in [5, 5.41) is 13.6. The summed E-state index contributed by atoms with van der Waals surface area (Å²) in [6, 6.07) is 14.2. The summed E-state index contributed by atoms with van der Waals surface area (Å²) in [7, 11) is 0. The summed E-state index contributed by atoms with van der Waals surface area (Å²) in [6.45, 7) is 0. The van der Waals surface area contributed by atoms with Crippen LogP contribution < -0.4 is 5.32 Å². The lowest BCUT2D eigenvalue weighted by Crippen LogP contribution is -2.14. The van der Waals surface area contributed by atoms with Crippen LogP contribution in [0.25, 0.3) is 10.4 Å². The topological polar surface area (TPSA) is 79.3 Å². The molecule has 0 aliphatic rings. The van der Waals surface area contributed by atoms with E-state index in [0.717, 1.165) is 10.4 Å². The van der Waals surface area contributed by atoms with E-state index >= 15 is 0 Å². The van der Waals surface area contributed by atoms with Gasteiger partial charge in [0.15, 0.2) is 0 Å². The second kappa shape index (κ2) is 6.41. The number of nitrogens with one attached hydrogen (secondary N) is 1. The van der Waals surface area contributed by atoms with Gasteiger partial charge in [0.05, 0.1) is 5.56 Å². The molecular weight excluding hydrogens is 312 g/mol. The maximum Gasteiger partial charge on any atom is 0.337 e. The number of aromatic nitrogens is 1. The van der Waals surface area contributed by atoms with Gasteiger partial charge in [-0.05, 0) is 29.6 Å². The van der Waals surface area contributed by atoms with Crippen LogP contribution in [0.2, 0.25) is 0 Å². The zero-order valence-corrected chi connectivity index (χ0v) is 12.7. The third-order valence-electron chi connectivity index (χ3n) is 3.20. The number of pyridine rings is 1. The number of amides is 1. The van der Waals surface area contributed by atoms with Gasteiger partial charge in [0, 0.05) is 22.3 Å². The molecule has 0 atom stereocenters. The van der Waals surface area contributed by atoms with Gasteiger partial charge in [-0.25, -0.2) is 4.79 Å². The molecule has 2 aromatic heterocycles. The Morgan fingerprint density at radius 2 is 1.87 bits per heavy atom. The van der Waals surface area contributed by atoms with E-state index in [1.54, 1.807) is 11.3 Å². The van der Waals surface area contributed by atoms with Crippen LogP contribution in [0.15, 0.2) is 60.1 Å². The first-order valence-electron chi connectivity index (χ1n) is 6.79. The molecular formula is C17H12N2O3S. The van der Waals surface area contributed by atoms with E-state index in [1.807, 2.05) is 41.8 Å². The number of hydrogen-bond acceptors (Lipinski definition) is 4. The lowest BCUT2D eigenvalue weighted by Gasteiger charge is -2.09. The van der Waals surface area contributed by atoms with Gasteiger partial charge >= 0.3 is 5.97 Å². The Balaban J connectivity index is 1.85. The van der Waals surface area contributed by atoms with Crippen molar-refractivity contribution < 1.29 is 14.7 Å². The van der Waals surface area contributed by atoms with Crippen LogP contribution in [0.5, 0.6) is 0 Å². The fourth-order valence-electron chi connectivity index (χ4n) is 2.08. The normalized spacial score (nSPS) is 10.3. The summed E-state index contributed by atoms with van der Waals surface area (Å²) in [5.41, 5.74) is 1.82. The summed E-state index contributed by atoms with van der Waals surface area (Å²) in [4.78, 5) is 28.1. The van der Waals surface area contributed by atoms with Gasteiger partial charge in [-0.3, -0.25) is 9.78 Å². The molecule has 0 aliphatic carbocycles. The van der Waals surface area contributed by atoms with Crippen molar-refractivity contribution in [1.29, 1.82) is 0 Å². The molecule has 2 N–H and O–H groups in total. The van der Waals surface area contributed by atoms with Gasteiger partial charge in [0.2, 0.25) is 0 Å². The molecule has 0 radical (unpaired) electrons. The molecule has 2 heterocycles. The summed E-state index contributed by atoms with van der Waals surface area (Å²) >= 11 is 1.59. The molecule has 23 heavy (non-hydrogen) atoms. The standard InChI is InChI=1S/C17H12N2O3S/c20-16(14-8-7-11(10-18-14)17(21)22)19-13-5-2-1-4-12(13)15-6-3-9-23-15/h1-10H,(H,19,20)(H,21,22). The lowest BCUT2D eigenvalue weighted by molar-refractivity contribution is 0.0696. The third-order valence-corrected chi connectivity index (χ3v) is 4.11. The Morgan fingerprint density at radius 3 is 2.52 bits per heavy atom. The van der Waals surface area contributed by atoms with E-state index in [4.69, 9.17) is 5.11 Å². The van der Waals surface area contributed by atoms with Crippen molar-refractivity contribution in [1.82, 2.24) is 4.98 Å². The summed E-state index contributed by atoms with van der Waals surface area (Å²) in [6.07, 6.45) is 1.17. The second-order valence-corrected chi connectivity index (χ2v) is 5.66. The van der Waals surface area contributed by atoms with E-state index in [1.165, 1.54) is 18.3 Å². The number of carbonyl (C=O) groups excluding carboxylic acids is 1. The second-order valence-electron chi connectivity index (χ2n) is 4.71. The highest BCUT2D eigenvalue weighted by Gasteiger charge is 2.12. The van der Waals surface area contributed by atoms with Crippen LogP contribution in [0.3, 0.4) is 0 Å². The van der Waals surface area contributed by atoms with Crippen molar-refractivity contribution >= 4 is 28.9 Å². The van der Waals surface area contributed by atoms with Crippen molar-refractivity contribution in [3.8, 4) is 10.4 Å². The van der Waals surface area contributed by atoms with E-state index in [0.29, 0.717) is 5.69 Å². The van der Waals surface area contributed by atoms with Gasteiger partial charge in [-0.15, -0.1) is 11.3 Å². The molecule has 0 unspecified atom stereocenters. The number of rotatable bonds is 4. The number of carboxylic acid groups (broad SMARTS) is 1. The number of hydrogen-bond donors (Lipinski definition) is 2. The maximum absolute atomic E-state index is 12.3. The van der Waals surface area contributed by atoms with Gasteiger partial charge in [0.25, 0.3) is 5.91 Å². The first-order valence-corrected chi connectivity index (χ1v) is 7.67. The Hall–Kier alpha value is -2.99. The molecule has 1 amide bonds. The van der Waals surface area contributed by atoms with Crippen LogP contribution in [0, 0.1) is 0 Å². The first kappa shape index (κ1) is 14.9. The van der Waals surface area contributed by atoms with Crippen LogP contribution in [-0.2, 0) is 0 Å². The molecule has 1 aromatic carbocycles. The predicted octanol–water partition coefficient (Wildman–Crippen LogP) is 3.76. The highest BCUT2D eigenvalue weighted by molar-refractivity contribution is 7.13. The maximum atomic E-state index is 12.3. The van der Waals surface area contributed by atoms with Gasteiger partial charge in [0.1, 0.15) is 5.69 Å². The number of aromatic carboxylic acids is 1. The molecule has 3 aromatic rings. The molecule has 0 aliphatic heterocycles. The highest BCUT2D eigenvalue weighted by atomic mass is 32.1. The molecule has 0 bridgehead atoms. The van der Waals surface area contributed by atoms with Crippen molar-refractivity contribution in [2.24, 2.45) is 0 Å². The fourth-order valence-corrected chi connectivity index (χ4v) is 2.85. The van der Waals surface area contributed by atoms with E-state index in [2.05, 4.69) is 10.3 Å². The van der Waals surface area contributed by atoms with Gasteiger partial charge in [-0.2, -0.15) is 0 Å². The van der Waals surface area contributed by atoms with E-state index in [-0.39, 0.29) is 17.2 Å². The fraction of sp³-hybridized carbons (Fsp3) is 0. The Kier molecular flexibility index (Phi) is 4.16. The molecule has 0 fully saturated rings. The quantitative estimate of drug-likeness (QED) is 0.766. The number of anilines is 1. The molecule has 3 rings (SSSR count). The van der Waals surface area contributed by atoms with Gasteiger partial charge < -0.3 is 10.4 Å². The molecule has 0 saturated carbocycles. The summed E-state index contributed by atoms with van der Waals surface area (Å²) in [5.74, 6) is -1.46. The minimum Gasteiger partial charge on any atom is -0.478 e. The van der Waals surface area contributed by atoms with E-state index in [9.17, 15) is 9.59 Å². The van der Waals surface area contributed by atoms with Crippen molar-refractivity contribution in [2.45, 2.75) is 0 Å². The minimum absolute atomic E-state index is 0.0422. The molecule has 0 saturated heterocycles. The smallest absolute Gasteiger partial charge is 0.337 e. The number of carbonyl (C=O) groups is 2. The highest BCUT2D eigenvalue weighted by Crippen LogP contribution is 2.31. The number of thiophene rings is 1. The first-order chi connectivity index (χ1) is 11.1. The Morgan fingerprint density at radius 1 is 1.04 bits per heavy atom. The van der Waals surface area contributed by atoms with Crippen LogP contribution in [0.4, 0.5) is 5.69 Å². The molecule has 5 nitrogen and oxygen atoms in total. The zero-order valence-electron chi connectivity index (χ0n) is 11.9. The average Bonchev–Trinajstić information content (AvgIpc) is 3.09. The largest absolute Gasteiger partial charge is 0.478 e. The van der Waals surface area contributed by atoms with Crippen LogP contribution >= 0.6 is 11.3 Å². The van der Waals surface area contributed by atoms with Gasteiger partial charge in [-0.1, -0.05) is 24.3 Å². The van der Waals surface area contributed by atoms with E-state index < -0.39 is 5.97 Å². The predicted molar refractivity (Wildman–Crippen MR) is 88.9 cm³/mol. The average molecular weight is 324 g/mol. The van der Waals surface area contributed by atoms with Crippen molar-refractivity contribution in [2.75, 3.05) is 5.32 Å². The van der Waals surface area contributed by atoms with Crippen molar-refractivity contribution in [3.05, 3.63) is 71.4 Å². The SMILES string of the molecule is O=C(O)c1ccc(C(=O)Nc2ccccc2-c2cccs2)nc1. The Bertz CT molecular complexity index is 843. The lowest BCUT2D eigenvalue weighted by atomic mass is 10.1.